The number of aromatic nitrogens is 1. The lowest BCUT2D eigenvalue weighted by Gasteiger charge is -2.24. The number of hydrogen-bond acceptors (Lipinski definition) is 4. The summed E-state index contributed by atoms with van der Waals surface area (Å²) in [7, 11) is 1.67. The van der Waals surface area contributed by atoms with E-state index in [9.17, 15) is 9.59 Å². The molecule has 5 nitrogen and oxygen atoms in total. The smallest absolute Gasteiger partial charge is 0.227 e. The van der Waals surface area contributed by atoms with Crippen molar-refractivity contribution in [3.63, 3.8) is 0 Å². The van der Waals surface area contributed by atoms with Gasteiger partial charge in [-0.1, -0.05) is 0 Å². The molecule has 1 unspecified atom stereocenters. The van der Waals surface area contributed by atoms with E-state index in [2.05, 4.69) is 15.2 Å². The molecule has 0 aliphatic carbocycles. The molecule has 0 aromatic carbocycles. The molecule has 2 rings (SSSR count). The molecule has 1 N–H and O–H groups in total. The Morgan fingerprint density at radius 1 is 1.58 bits per heavy atom. The van der Waals surface area contributed by atoms with Crippen molar-refractivity contribution in [2.45, 2.75) is 20.3 Å². The molecule has 1 fully saturated rings. The first-order chi connectivity index (χ1) is 9.00. The maximum absolute atomic E-state index is 11.9. The van der Waals surface area contributed by atoms with Crippen LogP contribution in [-0.4, -0.2) is 37.3 Å². The Labute approximate surface area is 113 Å². The summed E-state index contributed by atoms with van der Waals surface area (Å²) in [6, 6.07) is 1.82. The van der Waals surface area contributed by atoms with Gasteiger partial charge in [-0.3, -0.25) is 9.59 Å². The summed E-state index contributed by atoms with van der Waals surface area (Å²) in [4.78, 5) is 29.1. The first-order valence-corrected chi connectivity index (χ1v) is 6.39. The van der Waals surface area contributed by atoms with Crippen LogP contribution in [0.2, 0.25) is 0 Å². The van der Waals surface area contributed by atoms with Gasteiger partial charge >= 0.3 is 0 Å². The van der Waals surface area contributed by atoms with Gasteiger partial charge in [0.25, 0.3) is 0 Å². The number of anilines is 1. The molecular weight excluding hydrogens is 242 g/mol. The molecule has 0 spiro atoms. The molecule has 1 aromatic rings. The Hall–Kier alpha value is -1.91. The van der Waals surface area contributed by atoms with Crippen LogP contribution in [0.15, 0.2) is 12.3 Å². The predicted molar refractivity (Wildman–Crippen MR) is 73.4 cm³/mol. The monoisotopic (exact) mass is 261 g/mol. The van der Waals surface area contributed by atoms with Crippen LogP contribution >= 0.6 is 0 Å². The second kappa shape index (κ2) is 4.99. The predicted octanol–water partition coefficient (Wildman–Crippen LogP) is 1.16. The normalized spacial score (nSPS) is 22.4. The summed E-state index contributed by atoms with van der Waals surface area (Å²) in [5.41, 5.74) is 1.17. The molecule has 1 aliphatic heterocycles. The first-order valence-electron chi connectivity index (χ1n) is 6.39. The zero-order valence-electron chi connectivity index (χ0n) is 11.6. The van der Waals surface area contributed by atoms with Crippen molar-refractivity contribution in [3.8, 4) is 0 Å². The van der Waals surface area contributed by atoms with Crippen molar-refractivity contribution < 1.29 is 9.59 Å². The average Bonchev–Trinajstić information content (AvgIpc) is 2.81. The van der Waals surface area contributed by atoms with Crippen LogP contribution in [0.1, 0.15) is 29.3 Å². The van der Waals surface area contributed by atoms with Gasteiger partial charge < -0.3 is 10.2 Å². The van der Waals surface area contributed by atoms with E-state index in [1.54, 1.807) is 13.2 Å². The Bertz CT molecular complexity index is 515. The lowest BCUT2D eigenvalue weighted by Crippen LogP contribution is -2.39. The van der Waals surface area contributed by atoms with Gasteiger partial charge in [-0.2, -0.15) is 0 Å². The summed E-state index contributed by atoms with van der Waals surface area (Å²) < 4.78 is 0. The molecular formula is C14H19N3O2. The largest absolute Gasteiger partial charge is 0.359 e. The van der Waals surface area contributed by atoms with E-state index < -0.39 is 0 Å². The van der Waals surface area contributed by atoms with Crippen molar-refractivity contribution in [1.29, 1.82) is 0 Å². The van der Waals surface area contributed by atoms with Crippen LogP contribution in [0.4, 0.5) is 5.82 Å². The lowest BCUT2D eigenvalue weighted by atomic mass is 9.89. The number of carbonyl (C=O) groups excluding carboxylic acids is 2. The second-order valence-electron chi connectivity index (χ2n) is 5.34. The third-order valence-corrected chi connectivity index (χ3v) is 3.76. The third-order valence-electron chi connectivity index (χ3n) is 3.76. The fourth-order valence-electron chi connectivity index (χ4n) is 2.61. The van der Waals surface area contributed by atoms with E-state index in [0.29, 0.717) is 12.1 Å². The highest BCUT2D eigenvalue weighted by Crippen LogP contribution is 2.33. The number of rotatable bonds is 3. The summed E-state index contributed by atoms with van der Waals surface area (Å²) in [5, 5.41) is 2.72. The van der Waals surface area contributed by atoms with Crippen molar-refractivity contribution in [1.82, 2.24) is 10.3 Å². The van der Waals surface area contributed by atoms with Crippen LogP contribution in [0.5, 0.6) is 0 Å². The van der Waals surface area contributed by atoms with Gasteiger partial charge in [0.15, 0.2) is 6.29 Å². The van der Waals surface area contributed by atoms with E-state index in [-0.39, 0.29) is 11.3 Å². The number of pyridine rings is 1. The maximum Gasteiger partial charge on any atom is 0.227 e. The Balaban J connectivity index is 2.21. The van der Waals surface area contributed by atoms with E-state index in [0.717, 1.165) is 30.6 Å². The van der Waals surface area contributed by atoms with Crippen LogP contribution in [0, 0.1) is 12.3 Å². The SMILES string of the molecule is CNC(=O)C1(C)CCN(c2ncc(C=O)cc2C)C1. The third kappa shape index (κ3) is 2.45. The molecule has 1 amide bonds. The maximum atomic E-state index is 11.9. The molecule has 1 saturated heterocycles. The number of hydrogen-bond donors (Lipinski definition) is 1. The molecule has 1 aliphatic rings. The van der Waals surface area contributed by atoms with Gasteiger partial charge in [0, 0.05) is 31.9 Å². The summed E-state index contributed by atoms with van der Waals surface area (Å²) in [5.74, 6) is 0.926. The molecule has 0 radical (unpaired) electrons. The van der Waals surface area contributed by atoms with Crippen LogP contribution in [0.25, 0.3) is 0 Å². The average molecular weight is 261 g/mol. The standard InChI is InChI=1S/C14H19N3O2/c1-10-6-11(8-18)7-16-12(10)17-5-4-14(2,9-17)13(19)15-3/h6-8H,4-5,9H2,1-3H3,(H,15,19). The van der Waals surface area contributed by atoms with Gasteiger partial charge in [-0.15, -0.1) is 0 Å². The van der Waals surface area contributed by atoms with Crippen molar-refractivity contribution in [2.24, 2.45) is 5.41 Å². The zero-order valence-corrected chi connectivity index (χ0v) is 11.6. The van der Waals surface area contributed by atoms with Crippen molar-refractivity contribution in [2.75, 3.05) is 25.0 Å². The summed E-state index contributed by atoms with van der Waals surface area (Å²) in [6.45, 7) is 5.37. The molecule has 5 heteroatoms. The van der Waals surface area contributed by atoms with Gasteiger partial charge in [-0.05, 0) is 31.9 Å². The first kappa shape index (κ1) is 13.5. The molecule has 1 aromatic heterocycles. The number of nitrogens with zero attached hydrogens (tertiary/aromatic N) is 2. The molecule has 19 heavy (non-hydrogen) atoms. The number of aldehydes is 1. The van der Waals surface area contributed by atoms with Gasteiger partial charge in [-0.25, -0.2) is 4.98 Å². The fraction of sp³-hybridized carbons (Fsp3) is 0.500. The Morgan fingerprint density at radius 3 is 2.89 bits per heavy atom. The van der Waals surface area contributed by atoms with Gasteiger partial charge in [0.2, 0.25) is 5.91 Å². The summed E-state index contributed by atoms with van der Waals surface area (Å²) in [6.07, 6.45) is 3.18. The lowest BCUT2D eigenvalue weighted by molar-refractivity contribution is -0.128. The van der Waals surface area contributed by atoms with Gasteiger partial charge in [0.05, 0.1) is 5.41 Å². The van der Waals surface area contributed by atoms with E-state index in [1.165, 1.54) is 0 Å². The number of aryl methyl sites for hydroxylation is 1. The Morgan fingerprint density at radius 2 is 2.32 bits per heavy atom. The van der Waals surface area contributed by atoms with Gasteiger partial charge in [0.1, 0.15) is 5.82 Å². The zero-order chi connectivity index (χ0) is 14.0. The molecule has 102 valence electrons. The Kier molecular flexibility index (Phi) is 3.55. The van der Waals surface area contributed by atoms with Crippen molar-refractivity contribution in [3.05, 3.63) is 23.4 Å². The fourth-order valence-corrected chi connectivity index (χ4v) is 2.61. The van der Waals surface area contributed by atoms with E-state index in [4.69, 9.17) is 0 Å². The minimum Gasteiger partial charge on any atom is -0.359 e. The van der Waals surface area contributed by atoms with Crippen LogP contribution in [0.3, 0.4) is 0 Å². The second-order valence-corrected chi connectivity index (χ2v) is 5.34. The number of amides is 1. The van der Waals surface area contributed by atoms with Crippen LogP contribution in [-0.2, 0) is 4.79 Å². The molecule has 0 bridgehead atoms. The highest BCUT2D eigenvalue weighted by Gasteiger charge is 2.40. The number of carbonyl (C=O) groups is 2. The highest BCUT2D eigenvalue weighted by atomic mass is 16.2. The van der Waals surface area contributed by atoms with E-state index in [1.807, 2.05) is 19.9 Å². The summed E-state index contributed by atoms with van der Waals surface area (Å²) >= 11 is 0. The van der Waals surface area contributed by atoms with Crippen molar-refractivity contribution >= 4 is 18.0 Å². The minimum absolute atomic E-state index is 0.0668. The molecule has 1 atom stereocenters. The molecule has 0 saturated carbocycles. The topological polar surface area (TPSA) is 62.3 Å². The minimum atomic E-state index is -0.369. The van der Waals surface area contributed by atoms with Crippen LogP contribution < -0.4 is 10.2 Å². The molecule has 2 heterocycles. The quantitative estimate of drug-likeness (QED) is 0.830. The van der Waals surface area contributed by atoms with E-state index >= 15 is 0 Å². The number of nitrogens with one attached hydrogen (secondary N) is 1. The highest BCUT2D eigenvalue weighted by molar-refractivity contribution is 5.83.